The van der Waals surface area contributed by atoms with E-state index in [-0.39, 0.29) is 38.0 Å². The van der Waals surface area contributed by atoms with E-state index in [1.54, 1.807) is 0 Å². The molecule has 0 fully saturated rings. The van der Waals surface area contributed by atoms with Gasteiger partial charge in [-0.15, -0.1) is 0 Å². The van der Waals surface area contributed by atoms with Crippen molar-refractivity contribution in [1.29, 1.82) is 0 Å². The number of esters is 3. The quantitative estimate of drug-likeness (QED) is 0.0262. The Kier molecular flexibility index (Phi) is 48.6. The minimum Gasteiger partial charge on any atom is -0.462 e. The molecule has 65 heavy (non-hydrogen) atoms. The van der Waals surface area contributed by atoms with Crippen LogP contribution in [-0.4, -0.2) is 37.2 Å². The summed E-state index contributed by atoms with van der Waals surface area (Å²) < 4.78 is 16.6. The summed E-state index contributed by atoms with van der Waals surface area (Å²) in [5.74, 6) is -1.09. The fourth-order valence-corrected chi connectivity index (χ4v) is 6.33. The molecule has 6 nitrogen and oxygen atoms in total. The summed E-state index contributed by atoms with van der Waals surface area (Å²) in [6, 6.07) is 0. The molecule has 1 unspecified atom stereocenters. The van der Waals surface area contributed by atoms with Gasteiger partial charge in [0.25, 0.3) is 0 Å². The average Bonchev–Trinajstić information content (AvgIpc) is 3.30. The first-order valence-electron chi connectivity index (χ1n) is 25.7. The van der Waals surface area contributed by atoms with E-state index in [0.717, 1.165) is 103 Å². The second-order valence-electron chi connectivity index (χ2n) is 16.3. The van der Waals surface area contributed by atoms with Crippen molar-refractivity contribution in [3.05, 3.63) is 134 Å². The molecule has 0 aliphatic heterocycles. The summed E-state index contributed by atoms with van der Waals surface area (Å²) >= 11 is 0. The zero-order valence-corrected chi connectivity index (χ0v) is 41.4. The molecule has 0 N–H and O–H groups in total. The number of rotatable bonds is 44. The van der Waals surface area contributed by atoms with Crippen LogP contribution in [0.1, 0.15) is 201 Å². The van der Waals surface area contributed by atoms with Crippen LogP contribution in [0.2, 0.25) is 0 Å². The van der Waals surface area contributed by atoms with Gasteiger partial charge in [-0.2, -0.15) is 0 Å². The largest absolute Gasteiger partial charge is 0.462 e. The highest BCUT2D eigenvalue weighted by atomic mass is 16.6. The van der Waals surface area contributed by atoms with Crippen LogP contribution in [0.4, 0.5) is 0 Å². The Morgan fingerprint density at radius 3 is 1.00 bits per heavy atom. The molecule has 0 spiro atoms. The topological polar surface area (TPSA) is 78.9 Å². The maximum absolute atomic E-state index is 12.8. The lowest BCUT2D eigenvalue weighted by atomic mass is 10.1. The SMILES string of the molecule is CC/C=C\C/C=C\C/C=C\C/C=C\C/C=C\CCCCCC(=O)OCC(COC(=O)CCC/C=C\C/C=C\C/C=C\CC)OC(=O)CCC/C=C\C/C=C\C/C=C\CCCCCCCC. The van der Waals surface area contributed by atoms with Crippen molar-refractivity contribution in [2.75, 3.05) is 13.2 Å². The zero-order valence-electron chi connectivity index (χ0n) is 41.4. The Bertz CT molecular complexity index is 1450. The van der Waals surface area contributed by atoms with Crippen LogP contribution >= 0.6 is 0 Å². The lowest BCUT2D eigenvalue weighted by molar-refractivity contribution is -0.167. The molecule has 0 saturated heterocycles. The third-order valence-corrected chi connectivity index (χ3v) is 10.1. The second-order valence-corrected chi connectivity index (χ2v) is 16.3. The lowest BCUT2D eigenvalue weighted by Crippen LogP contribution is -2.30. The van der Waals surface area contributed by atoms with Gasteiger partial charge in [0.2, 0.25) is 0 Å². The van der Waals surface area contributed by atoms with Gasteiger partial charge in [-0.3, -0.25) is 14.4 Å². The number of allylic oxidation sites excluding steroid dienone is 22. The van der Waals surface area contributed by atoms with Crippen molar-refractivity contribution in [2.24, 2.45) is 0 Å². The fraction of sp³-hybridized carbons (Fsp3) is 0.576. The van der Waals surface area contributed by atoms with Crippen LogP contribution in [0.3, 0.4) is 0 Å². The standard InChI is InChI=1S/C59H92O6/c1-4-7-10-13-16-19-22-24-26-28-29-31-32-34-37-40-43-46-49-52-58(61)64-55-56(54-63-57(60)51-48-45-42-39-36-21-18-15-12-9-6-3)65-59(62)53-50-47-44-41-38-35-33-30-27-25-23-20-17-14-11-8-5-2/h7,9-10,12,16,18-19,21,24-27,29,31,33-35,37,39,41-42,44,56H,4-6,8,11,13-15,17,20,22-23,28,30,32,36,38,40,43,45-55H2,1-3H3/b10-7-,12-9-,19-16-,21-18-,26-24-,27-25-,31-29-,35-33-,37-34-,42-39-,44-41-. The van der Waals surface area contributed by atoms with Crippen molar-refractivity contribution < 1.29 is 28.6 Å². The minimum atomic E-state index is -0.842. The summed E-state index contributed by atoms with van der Waals surface area (Å²) in [4.78, 5) is 37.9. The van der Waals surface area contributed by atoms with E-state index in [1.165, 1.54) is 44.9 Å². The number of ether oxygens (including phenoxy) is 3. The van der Waals surface area contributed by atoms with E-state index in [9.17, 15) is 14.4 Å². The van der Waals surface area contributed by atoms with E-state index in [1.807, 2.05) is 0 Å². The summed E-state index contributed by atoms with van der Waals surface area (Å²) in [6.07, 6.45) is 73.1. The van der Waals surface area contributed by atoms with E-state index in [0.29, 0.717) is 19.3 Å². The molecule has 0 aromatic rings. The van der Waals surface area contributed by atoms with Crippen molar-refractivity contribution >= 4 is 17.9 Å². The van der Waals surface area contributed by atoms with Gasteiger partial charge in [0.05, 0.1) is 0 Å². The second kappa shape index (κ2) is 52.2. The van der Waals surface area contributed by atoms with E-state index >= 15 is 0 Å². The Hall–Kier alpha value is -4.45. The molecule has 0 rings (SSSR count). The first-order chi connectivity index (χ1) is 32.0. The minimum absolute atomic E-state index is 0.136. The fourth-order valence-electron chi connectivity index (χ4n) is 6.33. The van der Waals surface area contributed by atoms with Gasteiger partial charge < -0.3 is 14.2 Å². The zero-order chi connectivity index (χ0) is 47.2. The molecular weight excluding hydrogens is 805 g/mol. The van der Waals surface area contributed by atoms with Gasteiger partial charge in [0.1, 0.15) is 13.2 Å². The Balaban J connectivity index is 4.57. The van der Waals surface area contributed by atoms with E-state index in [4.69, 9.17) is 14.2 Å². The molecule has 364 valence electrons. The third-order valence-electron chi connectivity index (χ3n) is 10.1. The smallest absolute Gasteiger partial charge is 0.306 e. The first-order valence-corrected chi connectivity index (χ1v) is 25.7. The Morgan fingerprint density at radius 1 is 0.323 bits per heavy atom. The van der Waals surface area contributed by atoms with Crippen LogP contribution in [0.15, 0.2) is 134 Å². The van der Waals surface area contributed by atoms with Gasteiger partial charge in [-0.05, 0) is 122 Å². The van der Waals surface area contributed by atoms with Crippen LogP contribution in [0.25, 0.3) is 0 Å². The summed E-state index contributed by atoms with van der Waals surface area (Å²) in [6.45, 7) is 6.25. The molecule has 0 saturated carbocycles. The summed E-state index contributed by atoms with van der Waals surface area (Å²) in [5, 5.41) is 0. The molecule has 0 amide bonds. The Morgan fingerprint density at radius 2 is 0.615 bits per heavy atom. The number of hydrogen-bond donors (Lipinski definition) is 0. The van der Waals surface area contributed by atoms with Crippen LogP contribution < -0.4 is 0 Å². The maximum Gasteiger partial charge on any atom is 0.306 e. The van der Waals surface area contributed by atoms with Crippen LogP contribution in [-0.2, 0) is 28.6 Å². The number of hydrogen-bond acceptors (Lipinski definition) is 6. The molecular formula is C59H92O6. The van der Waals surface area contributed by atoms with Crippen LogP contribution in [0.5, 0.6) is 0 Å². The maximum atomic E-state index is 12.8. The molecule has 1 atom stereocenters. The number of carbonyl (C=O) groups excluding carboxylic acids is 3. The van der Waals surface area contributed by atoms with Gasteiger partial charge in [0.15, 0.2) is 6.10 Å². The predicted octanol–water partition coefficient (Wildman–Crippen LogP) is 17.1. The summed E-state index contributed by atoms with van der Waals surface area (Å²) in [7, 11) is 0. The van der Waals surface area contributed by atoms with Crippen molar-refractivity contribution in [2.45, 2.75) is 207 Å². The van der Waals surface area contributed by atoms with E-state index < -0.39 is 12.1 Å². The molecule has 0 aromatic heterocycles. The average molecular weight is 897 g/mol. The molecule has 0 bridgehead atoms. The molecule has 0 radical (unpaired) electrons. The van der Waals surface area contributed by atoms with Gasteiger partial charge in [0, 0.05) is 19.3 Å². The highest BCUT2D eigenvalue weighted by molar-refractivity contribution is 5.71. The molecule has 0 aromatic carbocycles. The highest BCUT2D eigenvalue weighted by Crippen LogP contribution is 2.10. The van der Waals surface area contributed by atoms with Crippen molar-refractivity contribution in [1.82, 2.24) is 0 Å². The third kappa shape index (κ3) is 50.4. The van der Waals surface area contributed by atoms with Crippen molar-refractivity contribution in [3.8, 4) is 0 Å². The predicted molar refractivity (Wildman–Crippen MR) is 279 cm³/mol. The normalized spacial score (nSPS) is 13.2. The monoisotopic (exact) mass is 897 g/mol. The molecule has 0 heterocycles. The number of carbonyl (C=O) groups is 3. The molecule has 0 aliphatic rings. The Labute approximate surface area is 398 Å². The van der Waals surface area contributed by atoms with Gasteiger partial charge >= 0.3 is 17.9 Å². The first kappa shape index (κ1) is 60.5. The van der Waals surface area contributed by atoms with Gasteiger partial charge in [-0.1, -0.05) is 193 Å². The molecule has 0 aliphatic carbocycles. The molecule has 6 heteroatoms. The van der Waals surface area contributed by atoms with Crippen LogP contribution in [0, 0.1) is 0 Å². The summed E-state index contributed by atoms with van der Waals surface area (Å²) in [5.41, 5.74) is 0. The van der Waals surface area contributed by atoms with E-state index in [2.05, 4.69) is 154 Å². The lowest BCUT2D eigenvalue weighted by Gasteiger charge is -2.18. The highest BCUT2D eigenvalue weighted by Gasteiger charge is 2.19. The number of unbranched alkanes of at least 4 members (excludes halogenated alkanes) is 11. The van der Waals surface area contributed by atoms with Crippen molar-refractivity contribution in [3.63, 3.8) is 0 Å². The van der Waals surface area contributed by atoms with Gasteiger partial charge in [-0.25, -0.2) is 0 Å².